The van der Waals surface area contributed by atoms with Crippen LogP contribution in [0.1, 0.15) is 72.1 Å². The summed E-state index contributed by atoms with van der Waals surface area (Å²) < 4.78 is 66.6. The van der Waals surface area contributed by atoms with Gasteiger partial charge in [0.15, 0.2) is 0 Å². The maximum Gasteiger partial charge on any atom is 0.264 e. The molecule has 0 spiro atoms. The number of hydrogen-bond acceptors (Lipinski definition) is 18. The number of anilines is 1. The number of fused-ring (bicyclic) bond motifs is 1. The van der Waals surface area contributed by atoms with Gasteiger partial charge < -0.3 is 67.5 Å². The Morgan fingerprint density at radius 3 is 1.45 bits per heavy atom. The van der Waals surface area contributed by atoms with Crippen molar-refractivity contribution in [2.75, 3.05) is 170 Å². The predicted octanol–water partition coefficient (Wildman–Crippen LogP) is 1.54. The molecule has 380 valence electrons. The lowest BCUT2D eigenvalue weighted by molar-refractivity contribution is -0.136. The first-order chi connectivity index (χ1) is 33.0. The third-order valence-corrected chi connectivity index (χ3v) is 10.5. The number of rotatable bonds is 42. The molecule has 21 nitrogen and oxygen atoms in total. The largest absolute Gasteiger partial charge is 0.379 e. The first-order valence-electron chi connectivity index (χ1n) is 23.8. The van der Waals surface area contributed by atoms with Crippen molar-refractivity contribution in [1.82, 2.24) is 15.5 Å². The molecule has 2 saturated heterocycles. The van der Waals surface area contributed by atoms with E-state index in [0.29, 0.717) is 164 Å². The highest BCUT2D eigenvalue weighted by atomic mass is 16.6. The zero-order chi connectivity index (χ0) is 47.4. The number of amides is 5. The Morgan fingerprint density at radius 2 is 0.985 bits per heavy atom. The molecule has 1 unspecified atom stereocenters. The van der Waals surface area contributed by atoms with Gasteiger partial charge in [-0.2, -0.15) is 0 Å². The van der Waals surface area contributed by atoms with Crippen molar-refractivity contribution in [3.8, 4) is 0 Å². The lowest BCUT2D eigenvalue weighted by atomic mass is 10.0. The molecule has 0 aliphatic carbocycles. The quantitative estimate of drug-likeness (QED) is 0.0623. The summed E-state index contributed by atoms with van der Waals surface area (Å²) >= 11 is 0. The number of unbranched alkanes of at least 4 members (excludes halogenated alkanes) is 2. The van der Waals surface area contributed by atoms with E-state index in [-0.39, 0.29) is 42.0 Å². The van der Waals surface area contributed by atoms with Crippen LogP contribution in [0.3, 0.4) is 0 Å². The number of carbonyl (C=O) groups excluding carboxylic acids is 5. The van der Waals surface area contributed by atoms with Crippen molar-refractivity contribution >= 4 is 35.2 Å². The average molecular weight is 955 g/mol. The monoisotopic (exact) mass is 955 g/mol. The summed E-state index contributed by atoms with van der Waals surface area (Å²) in [4.78, 5) is 63.6. The summed E-state index contributed by atoms with van der Waals surface area (Å²) in [6, 6.07) is 3.53. The van der Waals surface area contributed by atoms with Crippen LogP contribution in [0.2, 0.25) is 0 Å². The SMILES string of the molecule is O=C1CCC(N2C(=O)c3cccc(NC(=O)CCCCCOCCOCCOCCOCCOCCOCCOCCOCCOCCOCCOCCOC4CCNCC4)c3C2=O)C(=O)N1. The van der Waals surface area contributed by atoms with Crippen LogP contribution in [-0.2, 0) is 71.2 Å². The Hall–Kier alpha value is -3.55. The third kappa shape index (κ3) is 24.0. The summed E-state index contributed by atoms with van der Waals surface area (Å²) in [7, 11) is 0. The van der Waals surface area contributed by atoms with E-state index in [0.717, 1.165) is 43.7 Å². The van der Waals surface area contributed by atoms with Gasteiger partial charge in [-0.15, -0.1) is 0 Å². The van der Waals surface area contributed by atoms with E-state index in [1.807, 2.05) is 0 Å². The second-order valence-electron chi connectivity index (χ2n) is 15.6. The smallest absolute Gasteiger partial charge is 0.264 e. The molecule has 5 amide bonds. The standard InChI is InChI=1S/C46H74N4O17/c51-41(48-39-6-4-5-38-43(39)46(55)50(45(38)54)40-8-9-42(52)49-44(40)53)7-2-1-3-14-56-15-16-57-17-18-58-19-20-59-21-22-60-23-24-61-25-26-62-27-28-63-29-30-64-31-32-65-33-34-66-35-36-67-37-10-12-47-13-11-37/h4-6,37,40,47H,1-3,7-36H2,(H,48,51)(H,49,52,53). The number of carbonyl (C=O) groups is 5. The Balaban J connectivity index is 0.792. The molecule has 3 N–H and O–H groups in total. The molecule has 3 aliphatic rings. The highest BCUT2D eigenvalue weighted by Crippen LogP contribution is 2.32. The number of nitrogens with zero attached hydrogens (tertiary/aromatic N) is 1. The molecule has 0 radical (unpaired) electrons. The minimum atomic E-state index is -1.08. The van der Waals surface area contributed by atoms with Gasteiger partial charge in [0.05, 0.1) is 168 Å². The predicted molar refractivity (Wildman–Crippen MR) is 241 cm³/mol. The number of nitrogens with one attached hydrogen (secondary N) is 3. The lowest BCUT2D eigenvalue weighted by Crippen LogP contribution is -2.54. The van der Waals surface area contributed by atoms with Crippen LogP contribution in [0.15, 0.2) is 18.2 Å². The Labute approximate surface area is 394 Å². The van der Waals surface area contributed by atoms with Crippen molar-refractivity contribution in [2.24, 2.45) is 0 Å². The van der Waals surface area contributed by atoms with E-state index in [2.05, 4.69) is 16.0 Å². The van der Waals surface area contributed by atoms with Gasteiger partial charge in [0.25, 0.3) is 11.8 Å². The third-order valence-electron chi connectivity index (χ3n) is 10.5. The van der Waals surface area contributed by atoms with E-state index >= 15 is 0 Å². The molecule has 1 aromatic carbocycles. The fourth-order valence-corrected chi connectivity index (χ4v) is 7.04. The Kier molecular flexibility index (Phi) is 30.5. The van der Waals surface area contributed by atoms with Crippen molar-refractivity contribution in [2.45, 2.75) is 63.5 Å². The molecule has 21 heteroatoms. The minimum Gasteiger partial charge on any atom is -0.379 e. The molecule has 1 aromatic rings. The van der Waals surface area contributed by atoms with Gasteiger partial charge in [-0.05, 0) is 57.3 Å². The summed E-state index contributed by atoms with van der Waals surface area (Å²) in [5.74, 6) is -2.72. The molecule has 3 heterocycles. The van der Waals surface area contributed by atoms with E-state index in [9.17, 15) is 24.0 Å². The van der Waals surface area contributed by atoms with Gasteiger partial charge in [-0.1, -0.05) is 12.5 Å². The van der Waals surface area contributed by atoms with E-state index in [1.54, 1.807) is 12.1 Å². The average Bonchev–Trinajstić information content (AvgIpc) is 3.58. The van der Waals surface area contributed by atoms with Crippen LogP contribution in [0.25, 0.3) is 0 Å². The highest BCUT2D eigenvalue weighted by Gasteiger charge is 2.45. The molecular weight excluding hydrogens is 881 g/mol. The van der Waals surface area contributed by atoms with Gasteiger partial charge in [-0.25, -0.2) is 0 Å². The zero-order valence-electron chi connectivity index (χ0n) is 39.1. The molecular formula is C46H74N4O17. The number of piperidine rings is 2. The van der Waals surface area contributed by atoms with Crippen LogP contribution in [0.4, 0.5) is 5.69 Å². The molecule has 0 bridgehead atoms. The van der Waals surface area contributed by atoms with Crippen LogP contribution in [0, 0.1) is 0 Å². The van der Waals surface area contributed by atoms with Gasteiger partial charge in [0.2, 0.25) is 17.7 Å². The first kappa shape index (κ1) is 56.0. The van der Waals surface area contributed by atoms with Crippen molar-refractivity contribution in [3.05, 3.63) is 29.3 Å². The van der Waals surface area contributed by atoms with Gasteiger partial charge in [0, 0.05) is 19.4 Å². The fourth-order valence-electron chi connectivity index (χ4n) is 7.04. The summed E-state index contributed by atoms with van der Waals surface area (Å²) in [5.41, 5.74) is 0.379. The second-order valence-corrected chi connectivity index (χ2v) is 15.6. The molecule has 67 heavy (non-hydrogen) atoms. The normalized spacial score (nSPS) is 16.5. The number of hydrogen-bond donors (Lipinski definition) is 3. The number of benzene rings is 1. The summed E-state index contributed by atoms with van der Waals surface area (Å²) in [5, 5.41) is 8.24. The number of ether oxygens (including phenoxy) is 12. The van der Waals surface area contributed by atoms with E-state index < -0.39 is 29.7 Å². The van der Waals surface area contributed by atoms with Gasteiger partial charge in [-0.3, -0.25) is 34.2 Å². The van der Waals surface area contributed by atoms with Crippen molar-refractivity contribution < 1.29 is 80.8 Å². The first-order valence-corrected chi connectivity index (χ1v) is 23.8. The van der Waals surface area contributed by atoms with Gasteiger partial charge >= 0.3 is 0 Å². The summed E-state index contributed by atoms with van der Waals surface area (Å²) in [6.07, 6.45) is 4.93. The minimum absolute atomic E-state index is 0.0269. The highest BCUT2D eigenvalue weighted by molar-refractivity contribution is 6.26. The molecule has 1 atom stereocenters. The number of imide groups is 2. The molecule has 3 aliphatic heterocycles. The molecule has 0 saturated carbocycles. The molecule has 4 rings (SSSR count). The van der Waals surface area contributed by atoms with Crippen LogP contribution in [0.5, 0.6) is 0 Å². The maximum atomic E-state index is 13.2. The van der Waals surface area contributed by atoms with Crippen LogP contribution < -0.4 is 16.0 Å². The van der Waals surface area contributed by atoms with Crippen molar-refractivity contribution in [3.63, 3.8) is 0 Å². The second kappa shape index (κ2) is 36.4. The molecule has 2 fully saturated rings. The van der Waals surface area contributed by atoms with Gasteiger partial charge in [0.1, 0.15) is 6.04 Å². The molecule has 0 aromatic heterocycles. The maximum absolute atomic E-state index is 13.2. The Bertz CT molecular complexity index is 1550. The van der Waals surface area contributed by atoms with E-state index in [4.69, 9.17) is 56.8 Å². The van der Waals surface area contributed by atoms with E-state index in [1.165, 1.54) is 6.07 Å². The lowest BCUT2D eigenvalue weighted by Gasteiger charge is -2.27. The topological polar surface area (TPSA) is 235 Å². The zero-order valence-corrected chi connectivity index (χ0v) is 39.1. The Morgan fingerprint density at radius 1 is 0.537 bits per heavy atom. The fraction of sp³-hybridized carbons (Fsp3) is 0.761. The van der Waals surface area contributed by atoms with Crippen LogP contribution >= 0.6 is 0 Å². The van der Waals surface area contributed by atoms with Crippen molar-refractivity contribution in [1.29, 1.82) is 0 Å². The van der Waals surface area contributed by atoms with Crippen LogP contribution in [-0.4, -0.2) is 212 Å². The summed E-state index contributed by atoms with van der Waals surface area (Å²) in [6.45, 7) is 13.4.